The highest BCUT2D eigenvalue weighted by Gasteiger charge is 2.18. The third-order valence-electron chi connectivity index (χ3n) is 4.97. The Morgan fingerprint density at radius 2 is 1.82 bits per heavy atom. The molecule has 0 fully saturated rings. The van der Waals surface area contributed by atoms with Crippen molar-refractivity contribution in [1.82, 2.24) is 10.3 Å². The predicted molar refractivity (Wildman–Crippen MR) is 133 cm³/mol. The number of hydrogen-bond acceptors (Lipinski definition) is 7. The summed E-state index contributed by atoms with van der Waals surface area (Å²) in [5, 5.41) is 6.43. The number of nitrogens with one attached hydrogen (secondary N) is 2. The third-order valence-corrected chi connectivity index (χ3v) is 6.18. The fourth-order valence-electron chi connectivity index (χ4n) is 3.25. The molecule has 0 bridgehead atoms. The number of carbonyl (C=O) groups excluding carboxylic acids is 2. The molecule has 2 N–H and O–H groups in total. The highest BCUT2D eigenvalue weighted by Crippen LogP contribution is 2.35. The second-order valence-corrected chi connectivity index (χ2v) is 8.34. The van der Waals surface area contributed by atoms with E-state index in [2.05, 4.69) is 15.6 Å². The Morgan fingerprint density at radius 1 is 1.03 bits per heavy atom. The van der Waals surface area contributed by atoms with Crippen molar-refractivity contribution in [3.05, 3.63) is 58.6 Å². The number of amides is 2. The molecular formula is C25H29N3O5S. The molecule has 3 rings (SSSR count). The van der Waals surface area contributed by atoms with E-state index in [1.54, 1.807) is 51.5 Å². The molecule has 0 saturated carbocycles. The number of aryl methyl sites for hydroxylation is 1. The lowest BCUT2D eigenvalue weighted by Gasteiger charge is -2.08. The van der Waals surface area contributed by atoms with E-state index in [1.165, 1.54) is 11.3 Å². The molecule has 0 unspecified atom stereocenters. The van der Waals surface area contributed by atoms with Crippen molar-refractivity contribution in [2.24, 2.45) is 0 Å². The van der Waals surface area contributed by atoms with Gasteiger partial charge >= 0.3 is 0 Å². The maximum absolute atomic E-state index is 13.0. The molecule has 0 atom stereocenters. The van der Waals surface area contributed by atoms with Gasteiger partial charge in [-0.2, -0.15) is 0 Å². The largest absolute Gasteiger partial charge is 0.493 e. The molecule has 8 nitrogen and oxygen atoms in total. The maximum atomic E-state index is 13.0. The Balaban J connectivity index is 1.69. The van der Waals surface area contributed by atoms with Crippen molar-refractivity contribution < 1.29 is 23.8 Å². The number of hydrogen-bond donors (Lipinski definition) is 2. The first-order valence-corrected chi connectivity index (χ1v) is 11.8. The Morgan fingerprint density at radius 3 is 2.56 bits per heavy atom. The predicted octanol–water partition coefficient (Wildman–Crippen LogP) is 4.54. The monoisotopic (exact) mass is 483 g/mol. The minimum Gasteiger partial charge on any atom is -0.493 e. The fraction of sp³-hybridized carbons (Fsp3) is 0.320. The van der Waals surface area contributed by atoms with Gasteiger partial charge in [0.15, 0.2) is 11.5 Å². The molecule has 180 valence electrons. The molecular weight excluding hydrogens is 454 g/mol. The zero-order valence-electron chi connectivity index (χ0n) is 19.8. The SMILES string of the molecule is CCOCCCNC(=O)c1cccc(NC(=O)c2sc(-c3ccc(OC)c(OC)c3)nc2C)c1. The maximum Gasteiger partial charge on any atom is 0.267 e. The van der Waals surface area contributed by atoms with E-state index in [1.807, 2.05) is 19.1 Å². The number of methoxy groups -OCH3 is 2. The van der Waals surface area contributed by atoms with E-state index in [0.717, 1.165) is 12.0 Å². The average Bonchev–Trinajstić information content (AvgIpc) is 3.25. The van der Waals surface area contributed by atoms with Gasteiger partial charge in [0, 0.05) is 36.6 Å². The number of benzene rings is 2. The topological polar surface area (TPSA) is 98.8 Å². The summed E-state index contributed by atoms with van der Waals surface area (Å²) in [6.45, 7) is 5.51. The Labute approximate surface area is 203 Å². The minimum atomic E-state index is -0.281. The molecule has 0 aliphatic carbocycles. The van der Waals surface area contributed by atoms with E-state index in [0.29, 0.717) is 58.1 Å². The van der Waals surface area contributed by atoms with Crippen LogP contribution in [0, 0.1) is 6.92 Å². The van der Waals surface area contributed by atoms with Gasteiger partial charge in [0.2, 0.25) is 0 Å². The second kappa shape index (κ2) is 12.2. The van der Waals surface area contributed by atoms with Crippen LogP contribution in [0.4, 0.5) is 5.69 Å². The van der Waals surface area contributed by atoms with Gasteiger partial charge in [0.1, 0.15) is 9.88 Å². The van der Waals surface area contributed by atoms with Crippen molar-refractivity contribution in [2.75, 3.05) is 39.3 Å². The van der Waals surface area contributed by atoms with Crippen LogP contribution in [0.1, 0.15) is 39.1 Å². The van der Waals surface area contributed by atoms with Crippen molar-refractivity contribution >= 4 is 28.8 Å². The van der Waals surface area contributed by atoms with E-state index in [4.69, 9.17) is 14.2 Å². The van der Waals surface area contributed by atoms with E-state index in [-0.39, 0.29) is 11.8 Å². The number of aromatic nitrogens is 1. The van der Waals surface area contributed by atoms with Crippen molar-refractivity contribution in [3.8, 4) is 22.1 Å². The van der Waals surface area contributed by atoms with Gasteiger partial charge in [-0.15, -0.1) is 11.3 Å². The summed E-state index contributed by atoms with van der Waals surface area (Å²) in [5.41, 5.74) is 2.46. The first-order chi connectivity index (χ1) is 16.5. The highest BCUT2D eigenvalue weighted by atomic mass is 32.1. The molecule has 0 radical (unpaired) electrons. The Kier molecular flexibility index (Phi) is 9.00. The Bertz CT molecular complexity index is 1150. The van der Waals surface area contributed by atoms with Crippen LogP contribution in [0.3, 0.4) is 0 Å². The lowest BCUT2D eigenvalue weighted by molar-refractivity contribution is 0.0943. The number of anilines is 1. The second-order valence-electron chi connectivity index (χ2n) is 7.34. The van der Waals surface area contributed by atoms with Crippen LogP contribution >= 0.6 is 11.3 Å². The molecule has 0 spiro atoms. The Hall–Kier alpha value is -3.43. The van der Waals surface area contributed by atoms with Crippen LogP contribution in [0.25, 0.3) is 10.6 Å². The van der Waals surface area contributed by atoms with Crippen molar-refractivity contribution in [2.45, 2.75) is 20.3 Å². The van der Waals surface area contributed by atoms with Crippen molar-refractivity contribution in [1.29, 1.82) is 0 Å². The van der Waals surface area contributed by atoms with Crippen LogP contribution in [0.15, 0.2) is 42.5 Å². The van der Waals surface area contributed by atoms with Gasteiger partial charge in [0.05, 0.1) is 19.9 Å². The molecule has 1 heterocycles. The first kappa shape index (κ1) is 25.2. The standard InChI is InChI=1S/C25H29N3O5S/c1-5-33-13-7-12-26-23(29)17-8-6-9-19(14-17)28-24(30)22-16(2)27-25(34-22)18-10-11-20(31-3)21(15-18)32-4/h6,8-11,14-15H,5,7,12-13H2,1-4H3,(H,26,29)(H,28,30). The summed E-state index contributed by atoms with van der Waals surface area (Å²) >= 11 is 1.29. The fourth-order valence-corrected chi connectivity index (χ4v) is 4.21. The van der Waals surface area contributed by atoms with Gasteiger partial charge in [-0.3, -0.25) is 9.59 Å². The van der Waals surface area contributed by atoms with Crippen molar-refractivity contribution in [3.63, 3.8) is 0 Å². The summed E-state index contributed by atoms with van der Waals surface area (Å²) in [5.74, 6) is 0.732. The molecule has 0 saturated heterocycles. The quantitative estimate of drug-likeness (QED) is 0.389. The zero-order valence-corrected chi connectivity index (χ0v) is 20.6. The number of nitrogens with zero attached hydrogens (tertiary/aromatic N) is 1. The first-order valence-electron chi connectivity index (χ1n) is 10.9. The van der Waals surface area contributed by atoms with Gasteiger partial charge in [-0.25, -0.2) is 4.98 Å². The van der Waals surface area contributed by atoms with Crippen LogP contribution in [0.2, 0.25) is 0 Å². The summed E-state index contributed by atoms with van der Waals surface area (Å²) in [7, 11) is 3.15. The van der Waals surface area contributed by atoms with E-state index >= 15 is 0 Å². The lowest BCUT2D eigenvalue weighted by Crippen LogP contribution is -2.25. The summed E-state index contributed by atoms with van der Waals surface area (Å²) in [4.78, 5) is 30.4. The summed E-state index contributed by atoms with van der Waals surface area (Å²) in [6, 6.07) is 12.3. The normalized spacial score (nSPS) is 10.6. The van der Waals surface area contributed by atoms with Crippen LogP contribution in [-0.4, -0.2) is 50.8 Å². The number of carbonyl (C=O) groups is 2. The third kappa shape index (κ3) is 6.33. The summed E-state index contributed by atoms with van der Waals surface area (Å²) < 4.78 is 15.9. The van der Waals surface area contributed by atoms with Gasteiger partial charge in [-0.05, 0) is 56.7 Å². The van der Waals surface area contributed by atoms with Crippen LogP contribution in [-0.2, 0) is 4.74 Å². The van der Waals surface area contributed by atoms with Gasteiger partial charge < -0.3 is 24.8 Å². The molecule has 0 aliphatic rings. The average molecular weight is 484 g/mol. The minimum absolute atomic E-state index is 0.197. The van der Waals surface area contributed by atoms with Crippen LogP contribution < -0.4 is 20.1 Å². The van der Waals surface area contributed by atoms with E-state index < -0.39 is 0 Å². The van der Waals surface area contributed by atoms with Crippen LogP contribution in [0.5, 0.6) is 11.5 Å². The number of thiazole rings is 1. The number of ether oxygens (including phenoxy) is 3. The molecule has 34 heavy (non-hydrogen) atoms. The molecule has 9 heteroatoms. The van der Waals surface area contributed by atoms with Gasteiger partial charge in [0.25, 0.3) is 11.8 Å². The van der Waals surface area contributed by atoms with E-state index in [9.17, 15) is 9.59 Å². The molecule has 2 aromatic carbocycles. The zero-order chi connectivity index (χ0) is 24.5. The highest BCUT2D eigenvalue weighted by molar-refractivity contribution is 7.17. The molecule has 1 aromatic heterocycles. The van der Waals surface area contributed by atoms with Gasteiger partial charge in [-0.1, -0.05) is 6.07 Å². The summed E-state index contributed by atoms with van der Waals surface area (Å²) in [6.07, 6.45) is 0.739. The molecule has 3 aromatic rings. The molecule has 2 amide bonds. The smallest absolute Gasteiger partial charge is 0.267 e. The lowest BCUT2D eigenvalue weighted by atomic mass is 10.2. The molecule has 0 aliphatic heterocycles. The number of rotatable bonds is 11.